The monoisotopic (exact) mass is 282 g/mol. The summed E-state index contributed by atoms with van der Waals surface area (Å²) in [6, 6.07) is 13.8. The highest BCUT2D eigenvalue weighted by Gasteiger charge is 2.10. The van der Waals surface area contributed by atoms with Crippen molar-refractivity contribution in [3.05, 3.63) is 65.5 Å². The minimum absolute atomic E-state index is 0.442. The number of nitrogens with zero attached hydrogens (tertiary/aromatic N) is 2. The van der Waals surface area contributed by atoms with Crippen molar-refractivity contribution in [2.75, 3.05) is 0 Å². The van der Waals surface area contributed by atoms with Crippen molar-refractivity contribution in [1.29, 1.82) is 5.26 Å². The Hall–Kier alpha value is -2.11. The molecule has 0 saturated heterocycles. The minimum Gasteiger partial charge on any atom is -0.264 e. The molecule has 1 heterocycles. The van der Waals surface area contributed by atoms with E-state index in [4.69, 9.17) is 11.6 Å². The van der Waals surface area contributed by atoms with Crippen molar-refractivity contribution in [3.8, 4) is 6.07 Å². The lowest BCUT2D eigenvalue weighted by Gasteiger charge is -2.08. The zero-order valence-electron chi connectivity index (χ0n) is 11.5. The first-order valence-corrected chi connectivity index (χ1v) is 6.82. The van der Waals surface area contributed by atoms with Crippen molar-refractivity contribution in [3.63, 3.8) is 0 Å². The zero-order valence-corrected chi connectivity index (χ0v) is 12.2. The van der Waals surface area contributed by atoms with Gasteiger partial charge >= 0.3 is 0 Å². The van der Waals surface area contributed by atoms with E-state index in [9.17, 15) is 5.26 Å². The van der Waals surface area contributed by atoms with Crippen LogP contribution in [0.3, 0.4) is 0 Å². The Balaban J connectivity index is 2.44. The van der Waals surface area contributed by atoms with E-state index in [0.717, 1.165) is 11.1 Å². The van der Waals surface area contributed by atoms with Gasteiger partial charge in [0.1, 0.15) is 6.07 Å². The maximum Gasteiger partial charge on any atom is 0.101 e. The number of benzene rings is 1. The maximum absolute atomic E-state index is 9.33. The number of pyridine rings is 1. The van der Waals surface area contributed by atoms with Gasteiger partial charge in [0.2, 0.25) is 0 Å². The van der Waals surface area contributed by atoms with Gasteiger partial charge in [-0.2, -0.15) is 5.26 Å². The van der Waals surface area contributed by atoms with Crippen LogP contribution in [0.15, 0.2) is 48.8 Å². The van der Waals surface area contributed by atoms with E-state index in [1.807, 2.05) is 30.3 Å². The fourth-order valence-electron chi connectivity index (χ4n) is 1.91. The van der Waals surface area contributed by atoms with Crippen LogP contribution in [0.4, 0.5) is 0 Å². The average molecular weight is 283 g/mol. The lowest BCUT2D eigenvalue weighted by Crippen LogP contribution is -1.90. The summed E-state index contributed by atoms with van der Waals surface area (Å²) in [6.07, 6.45) is 3.31. The van der Waals surface area contributed by atoms with E-state index in [1.54, 1.807) is 18.5 Å². The van der Waals surface area contributed by atoms with Crippen molar-refractivity contribution in [2.45, 2.75) is 19.8 Å². The molecule has 0 unspecified atom stereocenters. The van der Waals surface area contributed by atoms with Gasteiger partial charge in [-0.1, -0.05) is 55.8 Å². The van der Waals surface area contributed by atoms with Gasteiger partial charge in [0.25, 0.3) is 0 Å². The second-order valence-corrected chi connectivity index (χ2v) is 5.20. The van der Waals surface area contributed by atoms with Crippen molar-refractivity contribution in [2.24, 2.45) is 0 Å². The molecule has 2 aromatic rings. The maximum atomic E-state index is 9.33. The number of aromatic nitrogens is 1. The molecule has 0 amide bonds. The highest BCUT2D eigenvalue weighted by Crippen LogP contribution is 2.29. The van der Waals surface area contributed by atoms with Gasteiger partial charge in [0, 0.05) is 18.0 Å². The summed E-state index contributed by atoms with van der Waals surface area (Å²) in [5.74, 6) is 0.473. The first kappa shape index (κ1) is 14.3. The highest BCUT2D eigenvalue weighted by molar-refractivity contribution is 6.53. The van der Waals surface area contributed by atoms with Crippen molar-refractivity contribution < 1.29 is 0 Å². The molecule has 0 spiro atoms. The molecular weight excluding hydrogens is 268 g/mol. The molecule has 0 aliphatic rings. The summed E-state index contributed by atoms with van der Waals surface area (Å²) in [5.41, 5.74) is 3.26. The number of allylic oxidation sites excluding steroid dienone is 1. The molecule has 2 rings (SSSR count). The van der Waals surface area contributed by atoms with Crippen molar-refractivity contribution >= 4 is 22.2 Å². The molecule has 0 fully saturated rings. The number of hydrogen-bond acceptors (Lipinski definition) is 2. The first-order chi connectivity index (χ1) is 9.63. The number of rotatable bonds is 3. The molecule has 0 N–H and O–H groups in total. The topological polar surface area (TPSA) is 36.7 Å². The third-order valence-corrected chi connectivity index (χ3v) is 3.52. The Morgan fingerprint density at radius 1 is 1.15 bits per heavy atom. The van der Waals surface area contributed by atoms with Crippen LogP contribution in [0.2, 0.25) is 0 Å². The van der Waals surface area contributed by atoms with Crippen LogP contribution in [0.1, 0.15) is 36.5 Å². The molecule has 0 saturated carbocycles. The van der Waals surface area contributed by atoms with Gasteiger partial charge in [-0.25, -0.2) is 0 Å². The van der Waals surface area contributed by atoms with Gasteiger partial charge < -0.3 is 0 Å². The number of halogens is 1. The van der Waals surface area contributed by atoms with Crippen LogP contribution in [-0.2, 0) is 0 Å². The van der Waals surface area contributed by atoms with Gasteiger partial charge in [-0.05, 0) is 23.1 Å². The Morgan fingerprint density at radius 3 is 2.35 bits per heavy atom. The molecule has 100 valence electrons. The van der Waals surface area contributed by atoms with Crippen LogP contribution in [0, 0.1) is 11.3 Å². The normalized spacial score (nSPS) is 11.9. The molecule has 1 aromatic carbocycles. The van der Waals surface area contributed by atoms with E-state index < -0.39 is 0 Å². The third kappa shape index (κ3) is 3.07. The van der Waals surface area contributed by atoms with E-state index in [1.165, 1.54) is 5.56 Å². The third-order valence-electron chi connectivity index (χ3n) is 3.11. The Kier molecular flexibility index (Phi) is 4.55. The summed E-state index contributed by atoms with van der Waals surface area (Å²) < 4.78 is 0. The lowest BCUT2D eigenvalue weighted by molar-refractivity contribution is 0.866. The molecular formula is C17H15ClN2. The predicted octanol–water partition coefficient (Wildman–Crippen LogP) is 4.84. The van der Waals surface area contributed by atoms with Crippen LogP contribution in [0.25, 0.3) is 10.6 Å². The second kappa shape index (κ2) is 6.36. The lowest BCUT2D eigenvalue weighted by atomic mass is 10.00. The SMILES string of the molecule is CC(C)c1ccc(/C(Cl)=C(/C#N)c2cccnc2)cc1. The Bertz CT molecular complexity index is 650. The predicted molar refractivity (Wildman–Crippen MR) is 83.0 cm³/mol. The van der Waals surface area contributed by atoms with E-state index >= 15 is 0 Å². The van der Waals surface area contributed by atoms with Gasteiger partial charge in [-0.3, -0.25) is 4.98 Å². The molecule has 0 radical (unpaired) electrons. The quantitative estimate of drug-likeness (QED) is 0.756. The fraction of sp³-hybridized carbons (Fsp3) is 0.176. The van der Waals surface area contributed by atoms with Crippen LogP contribution in [-0.4, -0.2) is 4.98 Å². The van der Waals surface area contributed by atoms with Crippen LogP contribution in [0.5, 0.6) is 0 Å². The van der Waals surface area contributed by atoms with Crippen LogP contribution < -0.4 is 0 Å². The minimum atomic E-state index is 0.442. The molecule has 0 bridgehead atoms. The fourth-order valence-corrected chi connectivity index (χ4v) is 2.19. The standard InChI is InChI=1S/C17H15ClN2/c1-12(2)13-5-7-14(8-6-13)17(18)16(10-19)15-4-3-9-20-11-15/h3-9,11-12H,1-2H3/b17-16+. The second-order valence-electron chi connectivity index (χ2n) is 4.82. The van der Waals surface area contributed by atoms with Gasteiger partial charge in [0.15, 0.2) is 0 Å². The average Bonchev–Trinajstić information content (AvgIpc) is 2.49. The van der Waals surface area contributed by atoms with E-state index in [0.29, 0.717) is 16.5 Å². The molecule has 0 atom stereocenters. The van der Waals surface area contributed by atoms with E-state index in [2.05, 4.69) is 24.9 Å². The Labute approximate surface area is 124 Å². The van der Waals surface area contributed by atoms with Crippen LogP contribution >= 0.6 is 11.6 Å². The first-order valence-electron chi connectivity index (χ1n) is 6.44. The molecule has 0 aliphatic heterocycles. The summed E-state index contributed by atoms with van der Waals surface area (Å²) in [4.78, 5) is 4.02. The summed E-state index contributed by atoms with van der Waals surface area (Å²) >= 11 is 6.37. The number of nitriles is 1. The number of hydrogen-bond donors (Lipinski definition) is 0. The van der Waals surface area contributed by atoms with Crippen molar-refractivity contribution in [1.82, 2.24) is 4.98 Å². The summed E-state index contributed by atoms with van der Waals surface area (Å²) in [5, 5.41) is 9.79. The van der Waals surface area contributed by atoms with Gasteiger partial charge in [0.05, 0.1) is 10.6 Å². The molecule has 20 heavy (non-hydrogen) atoms. The van der Waals surface area contributed by atoms with Gasteiger partial charge in [-0.15, -0.1) is 0 Å². The molecule has 0 aliphatic carbocycles. The molecule has 3 heteroatoms. The molecule has 1 aromatic heterocycles. The zero-order chi connectivity index (χ0) is 14.5. The summed E-state index contributed by atoms with van der Waals surface area (Å²) in [7, 11) is 0. The Morgan fingerprint density at radius 2 is 1.85 bits per heavy atom. The summed E-state index contributed by atoms with van der Waals surface area (Å²) in [6.45, 7) is 4.28. The molecule has 2 nitrogen and oxygen atoms in total. The largest absolute Gasteiger partial charge is 0.264 e. The van der Waals surface area contributed by atoms with E-state index in [-0.39, 0.29) is 0 Å². The highest BCUT2D eigenvalue weighted by atomic mass is 35.5. The smallest absolute Gasteiger partial charge is 0.101 e.